The Morgan fingerprint density at radius 1 is 1.38 bits per heavy atom. The van der Waals surface area contributed by atoms with E-state index in [2.05, 4.69) is 10.3 Å². The topological polar surface area (TPSA) is 66.7 Å². The van der Waals surface area contributed by atoms with E-state index in [0.29, 0.717) is 18.5 Å². The van der Waals surface area contributed by atoms with Gasteiger partial charge >= 0.3 is 0 Å². The number of carbonyl (C=O) groups is 2. The highest BCUT2D eigenvalue weighted by Crippen LogP contribution is 2.24. The van der Waals surface area contributed by atoms with Gasteiger partial charge in [0.1, 0.15) is 0 Å². The van der Waals surface area contributed by atoms with Crippen molar-refractivity contribution in [2.45, 2.75) is 32.7 Å². The molecule has 7 heteroatoms. The molecule has 0 saturated carbocycles. The van der Waals surface area contributed by atoms with E-state index in [1.54, 1.807) is 29.4 Å². The van der Waals surface area contributed by atoms with Gasteiger partial charge in [-0.25, -0.2) is 4.98 Å². The molecule has 2 aromatic heterocycles. The largest absolute Gasteiger partial charge is 0.336 e. The smallest absolute Gasteiger partial charge is 0.253 e. The molecule has 0 radical (unpaired) electrons. The number of fused-ring (bicyclic) bond motifs is 2. The number of carbonyl (C=O) groups excluding carboxylic acids is 2. The van der Waals surface area contributed by atoms with Crippen LogP contribution in [0.3, 0.4) is 0 Å². The minimum Gasteiger partial charge on any atom is -0.336 e. The number of aryl methyl sites for hydroxylation is 2. The quantitative estimate of drug-likeness (QED) is 0.772. The molecule has 134 valence electrons. The predicted molar refractivity (Wildman–Crippen MR) is 102 cm³/mol. The summed E-state index contributed by atoms with van der Waals surface area (Å²) in [6.45, 7) is 2.47. The Labute approximate surface area is 155 Å². The van der Waals surface area contributed by atoms with Gasteiger partial charge < -0.3 is 10.2 Å². The molecular weight excluding hydrogens is 348 g/mol. The van der Waals surface area contributed by atoms with E-state index >= 15 is 0 Å². The molecule has 1 aliphatic rings. The molecular formula is C19H20N4O2S. The van der Waals surface area contributed by atoms with Gasteiger partial charge in [0.25, 0.3) is 5.91 Å². The lowest BCUT2D eigenvalue weighted by atomic mass is 10.0. The summed E-state index contributed by atoms with van der Waals surface area (Å²) in [5.74, 6) is 0.00360. The lowest BCUT2D eigenvalue weighted by Crippen LogP contribution is -2.27. The van der Waals surface area contributed by atoms with Crippen LogP contribution in [0.2, 0.25) is 0 Å². The van der Waals surface area contributed by atoms with Gasteiger partial charge in [0, 0.05) is 36.3 Å². The van der Waals surface area contributed by atoms with Crippen LogP contribution in [0.1, 0.15) is 40.2 Å². The summed E-state index contributed by atoms with van der Waals surface area (Å²) in [5.41, 5.74) is 4.46. The molecule has 1 aromatic carbocycles. The second-order valence-electron chi connectivity index (χ2n) is 6.63. The number of benzene rings is 1. The normalized spacial score (nSPS) is 14.0. The summed E-state index contributed by atoms with van der Waals surface area (Å²) in [6.07, 6.45) is 4.11. The fraction of sp³-hybridized carbons (Fsp3) is 0.316. The van der Waals surface area contributed by atoms with Crippen molar-refractivity contribution in [2.24, 2.45) is 0 Å². The molecule has 6 nitrogen and oxygen atoms in total. The van der Waals surface area contributed by atoms with E-state index in [1.807, 2.05) is 35.0 Å². The monoisotopic (exact) mass is 368 g/mol. The van der Waals surface area contributed by atoms with Crippen LogP contribution in [-0.2, 0) is 17.8 Å². The van der Waals surface area contributed by atoms with Gasteiger partial charge in [-0.2, -0.15) is 0 Å². The van der Waals surface area contributed by atoms with Crippen LogP contribution in [0.25, 0.3) is 4.96 Å². The molecule has 0 bridgehead atoms. The summed E-state index contributed by atoms with van der Waals surface area (Å²) in [4.78, 5) is 31.8. The van der Waals surface area contributed by atoms with Gasteiger partial charge in [0.15, 0.2) is 4.96 Å². The molecule has 2 amide bonds. The molecule has 3 heterocycles. The Bertz CT molecular complexity index is 1000. The van der Waals surface area contributed by atoms with Crippen molar-refractivity contribution in [1.82, 2.24) is 14.3 Å². The van der Waals surface area contributed by atoms with E-state index in [4.69, 9.17) is 0 Å². The van der Waals surface area contributed by atoms with Crippen molar-refractivity contribution in [3.63, 3.8) is 0 Å². The van der Waals surface area contributed by atoms with Crippen molar-refractivity contribution >= 4 is 33.8 Å². The van der Waals surface area contributed by atoms with E-state index in [1.165, 1.54) is 0 Å². The van der Waals surface area contributed by atoms with Crippen molar-refractivity contribution in [2.75, 3.05) is 12.4 Å². The minimum absolute atomic E-state index is 0.0343. The number of hydrogen-bond acceptors (Lipinski definition) is 4. The SMILES string of the molecule is Cc1nc2sccn2c1CN(C)C(=O)c1ccc2c(c1)CCCC(=O)N2. The molecule has 26 heavy (non-hydrogen) atoms. The molecule has 0 unspecified atom stereocenters. The minimum atomic E-state index is -0.0343. The first-order valence-corrected chi connectivity index (χ1v) is 9.50. The zero-order valence-electron chi connectivity index (χ0n) is 14.8. The molecule has 0 spiro atoms. The second-order valence-corrected chi connectivity index (χ2v) is 7.51. The number of thiazole rings is 1. The highest BCUT2D eigenvalue weighted by atomic mass is 32.1. The molecule has 3 aromatic rings. The van der Waals surface area contributed by atoms with E-state index in [0.717, 1.165) is 40.4 Å². The van der Waals surface area contributed by atoms with Crippen LogP contribution >= 0.6 is 11.3 Å². The highest BCUT2D eigenvalue weighted by Gasteiger charge is 2.19. The zero-order valence-corrected chi connectivity index (χ0v) is 15.6. The van der Waals surface area contributed by atoms with Gasteiger partial charge in [-0.3, -0.25) is 14.0 Å². The van der Waals surface area contributed by atoms with Crippen LogP contribution < -0.4 is 5.32 Å². The van der Waals surface area contributed by atoms with Crippen LogP contribution in [0.4, 0.5) is 5.69 Å². The summed E-state index contributed by atoms with van der Waals surface area (Å²) in [7, 11) is 1.81. The summed E-state index contributed by atoms with van der Waals surface area (Å²) >= 11 is 1.59. The molecule has 0 atom stereocenters. The van der Waals surface area contributed by atoms with Gasteiger partial charge in [-0.15, -0.1) is 11.3 Å². The van der Waals surface area contributed by atoms with Gasteiger partial charge in [0.05, 0.1) is 17.9 Å². The van der Waals surface area contributed by atoms with Crippen LogP contribution in [0.15, 0.2) is 29.8 Å². The third-order valence-electron chi connectivity index (χ3n) is 4.77. The average molecular weight is 368 g/mol. The molecule has 1 N–H and O–H groups in total. The van der Waals surface area contributed by atoms with Crippen molar-refractivity contribution in [1.29, 1.82) is 0 Å². The predicted octanol–water partition coefficient (Wildman–Crippen LogP) is 3.25. The van der Waals surface area contributed by atoms with Gasteiger partial charge in [-0.05, 0) is 43.5 Å². The standard InChI is InChI=1S/C19H20N4O2S/c1-12-16(23-8-9-26-19(23)20-12)11-22(2)18(25)14-6-7-15-13(10-14)4-3-5-17(24)21-15/h6-10H,3-5,11H2,1-2H3,(H,21,24). The number of amides is 2. The number of nitrogens with zero attached hydrogens (tertiary/aromatic N) is 3. The summed E-state index contributed by atoms with van der Waals surface area (Å²) < 4.78 is 2.04. The van der Waals surface area contributed by atoms with Crippen molar-refractivity contribution in [3.8, 4) is 0 Å². The average Bonchev–Trinajstić information content (AvgIpc) is 3.11. The Morgan fingerprint density at radius 3 is 3.08 bits per heavy atom. The third-order valence-corrected chi connectivity index (χ3v) is 5.53. The first-order valence-electron chi connectivity index (χ1n) is 8.62. The maximum atomic E-state index is 12.9. The third kappa shape index (κ3) is 2.99. The zero-order chi connectivity index (χ0) is 18.3. The molecule has 0 aliphatic carbocycles. The lowest BCUT2D eigenvalue weighted by molar-refractivity contribution is -0.116. The number of rotatable bonds is 3. The van der Waals surface area contributed by atoms with Crippen molar-refractivity contribution in [3.05, 3.63) is 52.3 Å². The van der Waals surface area contributed by atoms with E-state index in [9.17, 15) is 9.59 Å². The summed E-state index contributed by atoms with van der Waals surface area (Å²) in [5, 5.41) is 4.90. The Kier molecular flexibility index (Phi) is 4.24. The molecule has 1 aliphatic heterocycles. The summed E-state index contributed by atoms with van der Waals surface area (Å²) in [6, 6.07) is 5.52. The van der Waals surface area contributed by atoms with Crippen molar-refractivity contribution < 1.29 is 9.59 Å². The van der Waals surface area contributed by atoms with Crippen LogP contribution in [0, 0.1) is 6.92 Å². The maximum Gasteiger partial charge on any atom is 0.253 e. The molecule has 4 rings (SSSR count). The number of anilines is 1. The Balaban J connectivity index is 1.57. The first kappa shape index (κ1) is 16.8. The van der Waals surface area contributed by atoms with Crippen LogP contribution in [-0.4, -0.2) is 33.1 Å². The lowest BCUT2D eigenvalue weighted by Gasteiger charge is -2.18. The fourth-order valence-corrected chi connectivity index (χ4v) is 4.13. The Morgan fingerprint density at radius 2 is 2.23 bits per heavy atom. The number of aromatic nitrogens is 2. The second kappa shape index (κ2) is 6.57. The molecule has 0 saturated heterocycles. The number of imidazole rings is 1. The fourth-order valence-electron chi connectivity index (χ4n) is 3.36. The molecule has 0 fully saturated rings. The number of hydrogen-bond donors (Lipinski definition) is 1. The van der Waals surface area contributed by atoms with E-state index < -0.39 is 0 Å². The van der Waals surface area contributed by atoms with Gasteiger partial charge in [-0.1, -0.05) is 0 Å². The van der Waals surface area contributed by atoms with Crippen LogP contribution in [0.5, 0.6) is 0 Å². The number of nitrogens with one attached hydrogen (secondary N) is 1. The van der Waals surface area contributed by atoms with E-state index in [-0.39, 0.29) is 11.8 Å². The Hall–Kier alpha value is -2.67. The first-order chi connectivity index (χ1) is 12.5. The maximum absolute atomic E-state index is 12.9. The highest BCUT2D eigenvalue weighted by molar-refractivity contribution is 7.15. The van der Waals surface area contributed by atoms with Gasteiger partial charge in [0.2, 0.25) is 5.91 Å².